The van der Waals surface area contributed by atoms with Crippen LogP contribution in [0.5, 0.6) is 11.5 Å². The monoisotopic (exact) mass is 554 g/mol. The van der Waals surface area contributed by atoms with Gasteiger partial charge in [-0.3, -0.25) is 0 Å². The molecular weight excluding hydrogens is 525 g/mol. The summed E-state index contributed by atoms with van der Waals surface area (Å²) >= 11 is 0. The maximum Gasteiger partial charge on any atom is 0.573 e. The zero-order valence-corrected chi connectivity index (χ0v) is 21.3. The Labute approximate surface area is 222 Å². The molecule has 1 saturated carbocycles. The molecule has 0 aromatic heterocycles. The van der Waals surface area contributed by atoms with E-state index in [9.17, 15) is 22.0 Å². The fraction of sp³-hybridized carbons (Fsp3) is 0.400. The van der Waals surface area contributed by atoms with E-state index in [0.29, 0.717) is 18.1 Å². The predicted molar refractivity (Wildman–Crippen MR) is 134 cm³/mol. The van der Waals surface area contributed by atoms with Crippen molar-refractivity contribution in [1.29, 1.82) is 0 Å². The van der Waals surface area contributed by atoms with Gasteiger partial charge in [-0.2, -0.15) is 8.78 Å². The van der Waals surface area contributed by atoms with Crippen LogP contribution in [0.1, 0.15) is 68.9 Å². The maximum absolute atomic E-state index is 15.2. The van der Waals surface area contributed by atoms with Gasteiger partial charge in [-0.15, -0.1) is 13.2 Å². The molecule has 0 spiro atoms. The Morgan fingerprint density at radius 3 is 2.00 bits per heavy atom. The molecule has 210 valence electrons. The fourth-order valence-corrected chi connectivity index (χ4v) is 5.15. The van der Waals surface area contributed by atoms with Crippen molar-refractivity contribution in [2.24, 2.45) is 5.92 Å². The molecule has 0 bridgehead atoms. The first kappa shape index (κ1) is 28.8. The second-order valence-electron chi connectivity index (χ2n) is 9.91. The SMILES string of the molecule is CCCCC1CCC(c2ccc(C(F)(F)Oc3ccccc3-c3cc(F)c(OC(F)(F)F)c(F)c3)cc2)CC1. The zero-order chi connectivity index (χ0) is 28.2. The molecule has 2 nitrogen and oxygen atoms in total. The summed E-state index contributed by atoms with van der Waals surface area (Å²) < 4.78 is 105. The topological polar surface area (TPSA) is 18.5 Å². The van der Waals surface area contributed by atoms with Crippen LogP contribution >= 0.6 is 0 Å². The Balaban J connectivity index is 1.50. The van der Waals surface area contributed by atoms with Gasteiger partial charge in [0.2, 0.25) is 5.75 Å². The van der Waals surface area contributed by atoms with Gasteiger partial charge in [-0.1, -0.05) is 56.5 Å². The number of hydrogen-bond acceptors (Lipinski definition) is 2. The van der Waals surface area contributed by atoms with Crippen LogP contribution < -0.4 is 9.47 Å². The molecule has 1 fully saturated rings. The molecule has 4 rings (SSSR count). The summed E-state index contributed by atoms with van der Waals surface area (Å²) in [5.74, 6) is -4.27. The van der Waals surface area contributed by atoms with Gasteiger partial charge in [-0.05, 0) is 79.0 Å². The predicted octanol–water partition coefficient (Wildman–Crippen LogP) is 10.1. The van der Waals surface area contributed by atoms with Crippen molar-refractivity contribution in [3.05, 3.63) is 83.4 Å². The van der Waals surface area contributed by atoms with Crippen LogP contribution in [-0.4, -0.2) is 6.36 Å². The van der Waals surface area contributed by atoms with Crippen LogP contribution in [0.3, 0.4) is 0 Å². The average Bonchev–Trinajstić information content (AvgIpc) is 2.89. The first-order valence-corrected chi connectivity index (χ1v) is 13.0. The summed E-state index contributed by atoms with van der Waals surface area (Å²) in [5, 5.41) is 0. The Bertz CT molecular complexity index is 1220. The largest absolute Gasteiger partial charge is 0.573 e. The molecule has 0 atom stereocenters. The average molecular weight is 555 g/mol. The standard InChI is InChI=1S/C30H29F7O2/c1-2-3-6-19-9-11-20(12-10-19)21-13-15-23(16-14-21)29(33,34)38-27-8-5-4-7-24(27)22-17-25(31)28(26(32)18-22)39-30(35,36)37/h4-5,7-8,13-20H,2-3,6,9-12H2,1H3. The number of ether oxygens (including phenoxy) is 2. The van der Waals surface area contributed by atoms with Gasteiger partial charge in [0.1, 0.15) is 5.75 Å². The van der Waals surface area contributed by atoms with Crippen LogP contribution in [-0.2, 0) is 6.11 Å². The second kappa shape index (κ2) is 11.9. The molecule has 1 aliphatic carbocycles. The highest BCUT2D eigenvalue weighted by Crippen LogP contribution is 2.41. The highest BCUT2D eigenvalue weighted by molar-refractivity contribution is 5.71. The Morgan fingerprint density at radius 1 is 0.795 bits per heavy atom. The number of unbranched alkanes of at least 4 members (excludes halogenated alkanes) is 1. The minimum absolute atomic E-state index is 0.134. The Hall–Kier alpha value is -3.23. The number of para-hydroxylation sites is 1. The van der Waals surface area contributed by atoms with Crippen LogP contribution in [0, 0.1) is 17.6 Å². The van der Waals surface area contributed by atoms with E-state index < -0.39 is 41.2 Å². The summed E-state index contributed by atoms with van der Waals surface area (Å²) in [4.78, 5) is 0. The molecule has 0 saturated heterocycles. The van der Waals surface area contributed by atoms with Gasteiger partial charge in [0.05, 0.1) is 5.56 Å². The molecule has 3 aromatic carbocycles. The summed E-state index contributed by atoms with van der Waals surface area (Å²) in [6.45, 7) is 2.18. The highest BCUT2D eigenvalue weighted by atomic mass is 19.4. The van der Waals surface area contributed by atoms with E-state index in [2.05, 4.69) is 11.7 Å². The van der Waals surface area contributed by atoms with E-state index >= 15 is 8.78 Å². The van der Waals surface area contributed by atoms with E-state index in [1.807, 2.05) is 0 Å². The molecule has 0 unspecified atom stereocenters. The van der Waals surface area contributed by atoms with Gasteiger partial charge in [0, 0.05) is 5.56 Å². The van der Waals surface area contributed by atoms with Crippen molar-refractivity contribution in [2.75, 3.05) is 0 Å². The number of benzene rings is 3. The van der Waals surface area contributed by atoms with E-state index in [-0.39, 0.29) is 11.1 Å². The normalized spacial score (nSPS) is 18.2. The molecule has 0 aliphatic heterocycles. The minimum atomic E-state index is -5.31. The van der Waals surface area contributed by atoms with E-state index in [1.54, 1.807) is 12.1 Å². The molecule has 9 heteroatoms. The van der Waals surface area contributed by atoms with Gasteiger partial charge in [-0.25, -0.2) is 8.78 Å². The molecule has 0 radical (unpaired) electrons. The summed E-state index contributed by atoms with van der Waals surface area (Å²) in [6.07, 6.45) is -1.15. The quantitative estimate of drug-likeness (QED) is 0.245. The van der Waals surface area contributed by atoms with Crippen molar-refractivity contribution < 1.29 is 40.2 Å². The first-order valence-electron chi connectivity index (χ1n) is 13.0. The van der Waals surface area contributed by atoms with Crippen molar-refractivity contribution in [3.8, 4) is 22.6 Å². The van der Waals surface area contributed by atoms with Gasteiger partial charge >= 0.3 is 12.5 Å². The molecule has 0 N–H and O–H groups in total. The van der Waals surface area contributed by atoms with Gasteiger partial charge < -0.3 is 9.47 Å². The Kier molecular flexibility index (Phi) is 8.76. The van der Waals surface area contributed by atoms with Gasteiger partial charge in [0.25, 0.3) is 0 Å². The zero-order valence-electron chi connectivity index (χ0n) is 21.3. The van der Waals surface area contributed by atoms with Crippen molar-refractivity contribution >= 4 is 0 Å². The van der Waals surface area contributed by atoms with Crippen LogP contribution in [0.15, 0.2) is 60.7 Å². The fourth-order valence-electron chi connectivity index (χ4n) is 5.15. The minimum Gasteiger partial charge on any atom is -0.428 e. The van der Waals surface area contributed by atoms with Crippen molar-refractivity contribution in [1.82, 2.24) is 0 Å². The third-order valence-corrected chi connectivity index (χ3v) is 7.18. The maximum atomic E-state index is 15.2. The van der Waals surface area contributed by atoms with Crippen molar-refractivity contribution in [2.45, 2.75) is 70.3 Å². The smallest absolute Gasteiger partial charge is 0.428 e. The second-order valence-corrected chi connectivity index (χ2v) is 9.91. The highest BCUT2D eigenvalue weighted by Gasteiger charge is 2.37. The van der Waals surface area contributed by atoms with E-state index in [1.165, 1.54) is 55.7 Å². The summed E-state index contributed by atoms with van der Waals surface area (Å²) in [5.41, 5.74) is 0.167. The van der Waals surface area contributed by atoms with Crippen molar-refractivity contribution in [3.63, 3.8) is 0 Å². The number of hydrogen-bond donors (Lipinski definition) is 0. The van der Waals surface area contributed by atoms with Gasteiger partial charge in [0.15, 0.2) is 11.6 Å². The summed E-state index contributed by atoms with van der Waals surface area (Å²) in [6, 6.07) is 12.4. The van der Waals surface area contributed by atoms with E-state index in [4.69, 9.17) is 4.74 Å². The van der Waals surface area contributed by atoms with E-state index in [0.717, 1.165) is 37.2 Å². The molecule has 39 heavy (non-hydrogen) atoms. The Morgan fingerprint density at radius 2 is 1.41 bits per heavy atom. The molecule has 3 aromatic rings. The number of halogens is 7. The lowest BCUT2D eigenvalue weighted by Gasteiger charge is -2.29. The molecule has 0 amide bonds. The van der Waals surface area contributed by atoms with Crippen LogP contribution in [0.2, 0.25) is 0 Å². The third kappa shape index (κ3) is 7.25. The lowest BCUT2D eigenvalue weighted by atomic mass is 9.77. The van der Waals surface area contributed by atoms with Crippen LogP contribution in [0.25, 0.3) is 11.1 Å². The first-order chi connectivity index (χ1) is 18.5. The molecular formula is C30H29F7O2. The molecule has 1 aliphatic rings. The summed E-state index contributed by atoms with van der Waals surface area (Å²) in [7, 11) is 0. The lowest BCUT2D eigenvalue weighted by molar-refractivity contribution is -0.276. The lowest BCUT2D eigenvalue weighted by Crippen LogP contribution is -2.22. The molecule has 0 heterocycles. The number of alkyl halides is 5. The number of rotatable bonds is 9. The third-order valence-electron chi connectivity index (χ3n) is 7.18. The van der Waals surface area contributed by atoms with Crippen LogP contribution in [0.4, 0.5) is 30.7 Å².